The summed E-state index contributed by atoms with van der Waals surface area (Å²) in [5, 5.41) is 8.36. The van der Waals surface area contributed by atoms with E-state index in [-0.39, 0.29) is 13.0 Å². The number of ether oxygens (including phenoxy) is 1. The maximum atomic E-state index is 12.2. The molecule has 0 aliphatic carbocycles. The van der Waals surface area contributed by atoms with Crippen LogP contribution in [0.4, 0.5) is 4.39 Å². The molecule has 0 aromatic rings. The molecule has 0 spiro atoms. The van der Waals surface area contributed by atoms with Gasteiger partial charge in [0, 0.05) is 6.42 Å². The van der Waals surface area contributed by atoms with Crippen molar-refractivity contribution in [1.82, 2.24) is 0 Å². The van der Waals surface area contributed by atoms with Crippen molar-refractivity contribution >= 4 is 5.97 Å². The van der Waals surface area contributed by atoms with Crippen LogP contribution in [0.15, 0.2) is 0 Å². The molecule has 0 amide bonds. The molecule has 2 unspecified atom stereocenters. The Hall–Kier alpha value is -0.640. The van der Waals surface area contributed by atoms with Gasteiger partial charge in [-0.1, -0.05) is 0 Å². The van der Waals surface area contributed by atoms with E-state index >= 15 is 0 Å². The van der Waals surface area contributed by atoms with Gasteiger partial charge in [-0.05, 0) is 0 Å². The molecular weight excluding hydrogens is 127 g/mol. The van der Waals surface area contributed by atoms with Crippen LogP contribution in [0.5, 0.6) is 0 Å². The normalized spacial score (nSPS) is 34.7. The van der Waals surface area contributed by atoms with Gasteiger partial charge >= 0.3 is 5.97 Å². The molecule has 52 valence electrons. The third kappa shape index (κ3) is 1.18. The number of hydrogen-bond acceptors (Lipinski definition) is 3. The topological polar surface area (TPSA) is 46.5 Å². The molecule has 1 heterocycles. The highest BCUT2D eigenvalue weighted by molar-refractivity contribution is 5.76. The minimum absolute atomic E-state index is 0.00463. The second kappa shape index (κ2) is 2.31. The summed E-state index contributed by atoms with van der Waals surface area (Å²) in [4.78, 5) is 10.2. The molecule has 0 aromatic carbocycles. The molecule has 3 nitrogen and oxygen atoms in total. The Morgan fingerprint density at radius 3 is 2.78 bits per heavy atom. The molecule has 1 saturated heterocycles. The van der Waals surface area contributed by atoms with E-state index in [4.69, 9.17) is 5.11 Å². The van der Waals surface area contributed by atoms with Crippen LogP contribution in [-0.4, -0.2) is 30.0 Å². The number of hydrogen-bond donors (Lipinski definition) is 1. The quantitative estimate of drug-likeness (QED) is 0.498. The Kier molecular flexibility index (Phi) is 1.66. The van der Waals surface area contributed by atoms with Crippen LogP contribution in [0.3, 0.4) is 0 Å². The van der Waals surface area contributed by atoms with Crippen LogP contribution in [0, 0.1) is 0 Å². The lowest BCUT2D eigenvalue weighted by Crippen LogP contribution is -2.10. The first-order valence-corrected chi connectivity index (χ1v) is 2.69. The van der Waals surface area contributed by atoms with Crippen LogP contribution in [-0.2, 0) is 9.53 Å². The van der Waals surface area contributed by atoms with Crippen molar-refractivity contribution in [3.05, 3.63) is 0 Å². The molecule has 9 heavy (non-hydrogen) atoms. The zero-order valence-electron chi connectivity index (χ0n) is 4.71. The Bertz CT molecular complexity index is 125. The highest BCUT2D eigenvalue weighted by Crippen LogP contribution is 2.16. The number of cyclic esters (lactones) is 1. The molecule has 1 aliphatic rings. The van der Waals surface area contributed by atoms with Crippen molar-refractivity contribution in [2.24, 2.45) is 0 Å². The number of aliphatic hydroxyl groups excluding tert-OH is 1. The highest BCUT2D eigenvalue weighted by Gasteiger charge is 2.33. The fraction of sp³-hybridized carbons (Fsp3) is 0.800. The van der Waals surface area contributed by atoms with E-state index in [9.17, 15) is 9.18 Å². The van der Waals surface area contributed by atoms with Crippen molar-refractivity contribution in [1.29, 1.82) is 0 Å². The molecule has 1 N–H and O–H groups in total. The number of alkyl halides is 1. The second-order valence-electron chi connectivity index (χ2n) is 1.94. The lowest BCUT2D eigenvalue weighted by Gasteiger charge is -2.00. The molecule has 2 atom stereocenters. The van der Waals surface area contributed by atoms with Crippen molar-refractivity contribution in [2.75, 3.05) is 6.61 Å². The SMILES string of the molecule is O=C1OC(CO)CC1F. The van der Waals surface area contributed by atoms with Gasteiger partial charge in [-0.3, -0.25) is 0 Å². The average Bonchev–Trinajstić information content (AvgIpc) is 2.13. The molecule has 1 rings (SSSR count). The van der Waals surface area contributed by atoms with E-state index < -0.39 is 18.2 Å². The third-order valence-corrected chi connectivity index (χ3v) is 1.21. The van der Waals surface area contributed by atoms with Gasteiger partial charge in [0.15, 0.2) is 0 Å². The number of carbonyl (C=O) groups excluding carboxylic acids is 1. The number of esters is 1. The first-order chi connectivity index (χ1) is 4.24. The van der Waals surface area contributed by atoms with Crippen LogP contribution in [0.25, 0.3) is 0 Å². The van der Waals surface area contributed by atoms with Crippen LogP contribution in [0.2, 0.25) is 0 Å². The summed E-state index contributed by atoms with van der Waals surface area (Å²) in [6.45, 7) is -0.286. The molecule has 0 saturated carbocycles. The summed E-state index contributed by atoms with van der Waals surface area (Å²) in [5.41, 5.74) is 0. The average molecular weight is 134 g/mol. The minimum Gasteiger partial charge on any atom is -0.458 e. The van der Waals surface area contributed by atoms with Crippen LogP contribution < -0.4 is 0 Å². The fourth-order valence-electron chi connectivity index (χ4n) is 0.725. The maximum Gasteiger partial charge on any atom is 0.341 e. The number of rotatable bonds is 1. The number of halogens is 1. The van der Waals surface area contributed by atoms with Gasteiger partial charge in [-0.15, -0.1) is 0 Å². The van der Waals surface area contributed by atoms with Gasteiger partial charge < -0.3 is 9.84 Å². The number of carbonyl (C=O) groups is 1. The minimum atomic E-state index is -1.53. The lowest BCUT2D eigenvalue weighted by molar-refractivity contribution is -0.146. The van der Waals surface area contributed by atoms with E-state index in [1.54, 1.807) is 0 Å². The first kappa shape index (κ1) is 6.48. The summed E-state index contributed by atoms with van der Waals surface area (Å²) < 4.78 is 16.5. The van der Waals surface area contributed by atoms with E-state index in [1.807, 2.05) is 0 Å². The van der Waals surface area contributed by atoms with Gasteiger partial charge in [0.05, 0.1) is 6.61 Å². The van der Waals surface area contributed by atoms with Crippen LogP contribution in [0.1, 0.15) is 6.42 Å². The molecule has 4 heteroatoms. The van der Waals surface area contributed by atoms with E-state index in [1.165, 1.54) is 0 Å². The van der Waals surface area contributed by atoms with E-state index in [0.717, 1.165) is 0 Å². The van der Waals surface area contributed by atoms with Crippen molar-refractivity contribution < 1.29 is 19.0 Å². The van der Waals surface area contributed by atoms with Gasteiger partial charge in [-0.2, -0.15) is 0 Å². The maximum absolute atomic E-state index is 12.2. The first-order valence-electron chi connectivity index (χ1n) is 2.69. The van der Waals surface area contributed by atoms with E-state index in [0.29, 0.717) is 0 Å². The highest BCUT2D eigenvalue weighted by atomic mass is 19.1. The van der Waals surface area contributed by atoms with Gasteiger partial charge in [0.2, 0.25) is 6.17 Å². The summed E-state index contributed by atoms with van der Waals surface area (Å²) in [6, 6.07) is 0. The summed E-state index contributed by atoms with van der Waals surface area (Å²) in [7, 11) is 0. The monoisotopic (exact) mass is 134 g/mol. The smallest absolute Gasteiger partial charge is 0.341 e. The van der Waals surface area contributed by atoms with E-state index in [2.05, 4.69) is 4.74 Å². The molecule has 1 fully saturated rings. The summed E-state index contributed by atoms with van der Waals surface area (Å²) in [5.74, 6) is -0.853. The third-order valence-electron chi connectivity index (χ3n) is 1.21. The Morgan fingerprint density at radius 1 is 1.89 bits per heavy atom. The second-order valence-corrected chi connectivity index (χ2v) is 1.94. The van der Waals surface area contributed by atoms with Gasteiger partial charge in [-0.25, -0.2) is 9.18 Å². The fourth-order valence-corrected chi connectivity index (χ4v) is 0.725. The lowest BCUT2D eigenvalue weighted by atomic mass is 10.2. The van der Waals surface area contributed by atoms with Gasteiger partial charge in [0.25, 0.3) is 0 Å². The standard InChI is InChI=1S/C5H7FO3/c6-4-1-3(2-7)9-5(4)8/h3-4,7H,1-2H2. The Labute approximate surface area is 51.4 Å². The largest absolute Gasteiger partial charge is 0.458 e. The Morgan fingerprint density at radius 2 is 2.56 bits per heavy atom. The molecule has 0 radical (unpaired) electrons. The predicted molar refractivity (Wildman–Crippen MR) is 26.5 cm³/mol. The van der Waals surface area contributed by atoms with Gasteiger partial charge in [0.1, 0.15) is 6.10 Å². The zero-order valence-corrected chi connectivity index (χ0v) is 4.71. The molecule has 1 aliphatic heterocycles. The van der Waals surface area contributed by atoms with Crippen molar-refractivity contribution in [3.63, 3.8) is 0 Å². The summed E-state index contributed by atoms with van der Waals surface area (Å²) >= 11 is 0. The molecule has 0 aromatic heterocycles. The zero-order chi connectivity index (χ0) is 6.85. The van der Waals surface area contributed by atoms with Crippen LogP contribution >= 0.6 is 0 Å². The number of aliphatic hydroxyl groups is 1. The summed E-state index contributed by atoms with van der Waals surface area (Å²) in [6.07, 6.45) is -2.15. The molecule has 0 bridgehead atoms. The predicted octanol–water partition coefficient (Wildman–Crippen LogP) is -0.368. The Balaban J connectivity index is 2.44. The van der Waals surface area contributed by atoms with Crippen molar-refractivity contribution in [3.8, 4) is 0 Å². The van der Waals surface area contributed by atoms with Crippen molar-refractivity contribution in [2.45, 2.75) is 18.7 Å². The molecular formula is C5H7FO3.